The molecule has 1 N–H and O–H groups in total. The summed E-state index contributed by atoms with van der Waals surface area (Å²) in [4.78, 5) is 23.5. The van der Waals surface area contributed by atoms with Crippen molar-refractivity contribution in [2.75, 3.05) is 0 Å². The number of furan rings is 1. The summed E-state index contributed by atoms with van der Waals surface area (Å²) in [5.41, 5.74) is 2.01. The van der Waals surface area contributed by atoms with E-state index in [1.807, 2.05) is 36.4 Å². The van der Waals surface area contributed by atoms with Gasteiger partial charge < -0.3 is 19.6 Å². The van der Waals surface area contributed by atoms with E-state index >= 15 is 0 Å². The Balaban J connectivity index is 1.79. The number of hydrogen-bond acceptors (Lipinski definition) is 5. The molecule has 0 aliphatic carbocycles. The number of aromatic carboxylic acids is 1. The van der Waals surface area contributed by atoms with Gasteiger partial charge in [-0.25, -0.2) is 0 Å². The summed E-state index contributed by atoms with van der Waals surface area (Å²) in [6.07, 6.45) is 1.35. The van der Waals surface area contributed by atoms with Crippen molar-refractivity contribution in [2.45, 2.75) is 13.5 Å². The SMILES string of the molecule is Cc1c(C(=O)[O-])cccc1-c1ccc(/C=C(/C#N)C(=O)NCc2ccccc2)o1. The Morgan fingerprint density at radius 2 is 1.86 bits per heavy atom. The molecule has 6 heteroatoms. The van der Waals surface area contributed by atoms with E-state index in [4.69, 9.17) is 4.42 Å². The molecule has 0 saturated carbocycles. The topological polar surface area (TPSA) is 106 Å². The molecule has 0 atom stereocenters. The van der Waals surface area contributed by atoms with Crippen molar-refractivity contribution in [2.24, 2.45) is 0 Å². The lowest BCUT2D eigenvalue weighted by Crippen LogP contribution is -2.23. The number of rotatable bonds is 6. The van der Waals surface area contributed by atoms with Gasteiger partial charge in [-0.15, -0.1) is 0 Å². The van der Waals surface area contributed by atoms with Crippen molar-refractivity contribution in [3.8, 4) is 17.4 Å². The van der Waals surface area contributed by atoms with Gasteiger partial charge in [0.1, 0.15) is 23.2 Å². The number of benzene rings is 2. The fourth-order valence-electron chi connectivity index (χ4n) is 2.86. The first kappa shape index (κ1) is 19.6. The maximum atomic E-state index is 12.3. The molecule has 0 spiro atoms. The molecule has 0 unspecified atom stereocenters. The maximum Gasteiger partial charge on any atom is 0.262 e. The van der Waals surface area contributed by atoms with Crippen molar-refractivity contribution < 1.29 is 19.1 Å². The second-order valence-electron chi connectivity index (χ2n) is 6.31. The van der Waals surface area contributed by atoms with Crippen molar-refractivity contribution in [3.05, 3.63) is 88.7 Å². The smallest absolute Gasteiger partial charge is 0.262 e. The number of nitrogens with zero attached hydrogens (tertiary/aromatic N) is 1. The normalized spacial score (nSPS) is 11.0. The molecule has 0 bridgehead atoms. The monoisotopic (exact) mass is 385 g/mol. The molecule has 0 saturated heterocycles. The zero-order valence-corrected chi connectivity index (χ0v) is 15.6. The Kier molecular flexibility index (Phi) is 5.91. The third-order valence-corrected chi connectivity index (χ3v) is 4.39. The van der Waals surface area contributed by atoms with Crippen LogP contribution in [0.5, 0.6) is 0 Å². The van der Waals surface area contributed by atoms with Crippen molar-refractivity contribution >= 4 is 18.0 Å². The molecular formula is C23H17N2O4-. The summed E-state index contributed by atoms with van der Waals surface area (Å²) < 4.78 is 5.71. The lowest BCUT2D eigenvalue weighted by molar-refractivity contribution is -0.255. The second kappa shape index (κ2) is 8.72. The van der Waals surface area contributed by atoms with Gasteiger partial charge in [-0.05, 0) is 30.2 Å². The third kappa shape index (κ3) is 4.60. The lowest BCUT2D eigenvalue weighted by atomic mass is 10.0. The van der Waals surface area contributed by atoms with Crippen LogP contribution in [0.15, 0.2) is 70.7 Å². The Labute approximate surface area is 167 Å². The zero-order valence-electron chi connectivity index (χ0n) is 15.6. The fourth-order valence-corrected chi connectivity index (χ4v) is 2.86. The molecule has 3 rings (SSSR count). The summed E-state index contributed by atoms with van der Waals surface area (Å²) >= 11 is 0. The maximum absolute atomic E-state index is 12.3. The van der Waals surface area contributed by atoms with Crippen molar-refractivity contribution in [1.82, 2.24) is 5.32 Å². The summed E-state index contributed by atoms with van der Waals surface area (Å²) in [7, 11) is 0. The summed E-state index contributed by atoms with van der Waals surface area (Å²) in [6, 6.07) is 19.3. The van der Waals surface area contributed by atoms with E-state index in [0.29, 0.717) is 29.2 Å². The highest BCUT2D eigenvalue weighted by molar-refractivity contribution is 6.01. The van der Waals surface area contributed by atoms with E-state index in [1.165, 1.54) is 12.1 Å². The predicted octanol–water partition coefficient (Wildman–Crippen LogP) is 2.84. The highest BCUT2D eigenvalue weighted by Crippen LogP contribution is 2.28. The molecule has 1 amide bonds. The molecule has 3 aromatic rings. The Morgan fingerprint density at radius 1 is 1.10 bits per heavy atom. The van der Waals surface area contributed by atoms with Gasteiger partial charge in [0.25, 0.3) is 5.91 Å². The minimum Gasteiger partial charge on any atom is -0.545 e. The molecule has 1 aromatic heterocycles. The Hall–Kier alpha value is -4.11. The summed E-state index contributed by atoms with van der Waals surface area (Å²) in [5, 5.41) is 23.2. The van der Waals surface area contributed by atoms with Crippen LogP contribution in [0.3, 0.4) is 0 Å². The lowest BCUT2D eigenvalue weighted by Gasteiger charge is -2.10. The van der Waals surface area contributed by atoms with Gasteiger partial charge in [0, 0.05) is 23.7 Å². The fraction of sp³-hybridized carbons (Fsp3) is 0.0870. The van der Waals surface area contributed by atoms with Gasteiger partial charge in [-0.2, -0.15) is 5.26 Å². The molecule has 1 heterocycles. The molecule has 6 nitrogen and oxygen atoms in total. The van der Waals surface area contributed by atoms with E-state index in [0.717, 1.165) is 5.56 Å². The van der Waals surface area contributed by atoms with Gasteiger partial charge in [0.05, 0.1) is 5.97 Å². The molecule has 0 fully saturated rings. The van der Waals surface area contributed by atoms with Crippen LogP contribution in [-0.4, -0.2) is 11.9 Å². The van der Waals surface area contributed by atoms with Crippen LogP contribution < -0.4 is 10.4 Å². The van der Waals surface area contributed by atoms with Gasteiger partial charge in [-0.1, -0.05) is 48.5 Å². The van der Waals surface area contributed by atoms with Crippen LogP contribution in [0.1, 0.15) is 27.2 Å². The van der Waals surface area contributed by atoms with Crippen molar-refractivity contribution in [1.29, 1.82) is 5.26 Å². The van der Waals surface area contributed by atoms with E-state index < -0.39 is 11.9 Å². The molecule has 29 heavy (non-hydrogen) atoms. The van der Waals surface area contributed by atoms with Crippen molar-refractivity contribution in [3.63, 3.8) is 0 Å². The number of carboxylic acid groups (broad SMARTS) is 1. The van der Waals surface area contributed by atoms with Gasteiger partial charge in [-0.3, -0.25) is 4.79 Å². The van der Waals surface area contributed by atoms with Crippen LogP contribution in [0.2, 0.25) is 0 Å². The molecule has 0 aliphatic rings. The number of nitriles is 1. The van der Waals surface area contributed by atoms with Gasteiger partial charge in [0.15, 0.2) is 0 Å². The summed E-state index contributed by atoms with van der Waals surface area (Å²) in [6.45, 7) is 1.97. The minimum atomic E-state index is -1.27. The van der Waals surface area contributed by atoms with Crippen LogP contribution in [-0.2, 0) is 11.3 Å². The first-order valence-corrected chi connectivity index (χ1v) is 8.84. The van der Waals surface area contributed by atoms with E-state index in [2.05, 4.69) is 5.32 Å². The number of carboxylic acids is 1. The summed E-state index contributed by atoms with van der Waals surface area (Å²) in [5.74, 6) is -1.04. The largest absolute Gasteiger partial charge is 0.545 e. The van der Waals surface area contributed by atoms with Gasteiger partial charge in [0.2, 0.25) is 0 Å². The molecule has 144 valence electrons. The Bertz CT molecular complexity index is 1120. The quantitative estimate of drug-likeness (QED) is 0.519. The number of amides is 1. The minimum absolute atomic E-state index is 0.0778. The average molecular weight is 385 g/mol. The molecule has 2 aromatic carbocycles. The first-order valence-electron chi connectivity index (χ1n) is 8.84. The standard InChI is InChI=1S/C23H18N2O4/c1-15-19(8-5-9-20(15)23(27)28)21-11-10-18(29-21)12-17(13-24)22(26)25-14-16-6-3-2-4-7-16/h2-12H,14H2,1H3,(H,25,26)(H,27,28)/p-1/b17-12-. The zero-order chi connectivity index (χ0) is 20.8. The van der Waals surface area contributed by atoms with E-state index in [1.54, 1.807) is 31.2 Å². The molecule has 0 radical (unpaired) electrons. The first-order chi connectivity index (χ1) is 14.0. The number of carbonyl (C=O) groups excluding carboxylic acids is 2. The number of nitrogens with one attached hydrogen (secondary N) is 1. The van der Waals surface area contributed by atoms with Crippen LogP contribution in [0, 0.1) is 18.3 Å². The predicted molar refractivity (Wildman–Crippen MR) is 105 cm³/mol. The molecular weight excluding hydrogens is 368 g/mol. The second-order valence-corrected chi connectivity index (χ2v) is 6.31. The molecule has 0 aliphatic heterocycles. The van der Waals surface area contributed by atoms with Crippen LogP contribution in [0.4, 0.5) is 0 Å². The number of carbonyl (C=O) groups is 2. The highest BCUT2D eigenvalue weighted by Gasteiger charge is 2.13. The Morgan fingerprint density at radius 3 is 2.55 bits per heavy atom. The third-order valence-electron chi connectivity index (χ3n) is 4.39. The average Bonchev–Trinajstić information content (AvgIpc) is 3.19. The van der Waals surface area contributed by atoms with E-state index in [-0.39, 0.29) is 11.1 Å². The van der Waals surface area contributed by atoms with E-state index in [9.17, 15) is 20.0 Å². The highest BCUT2D eigenvalue weighted by atomic mass is 16.4. The van der Waals surface area contributed by atoms with Crippen LogP contribution >= 0.6 is 0 Å². The number of hydrogen-bond donors (Lipinski definition) is 1. The van der Waals surface area contributed by atoms with Crippen LogP contribution in [0.25, 0.3) is 17.4 Å². The van der Waals surface area contributed by atoms with Gasteiger partial charge >= 0.3 is 0 Å².